The first-order valence-electron chi connectivity index (χ1n) is 11.5. The van der Waals surface area contributed by atoms with Crippen molar-refractivity contribution in [3.8, 4) is 0 Å². The summed E-state index contributed by atoms with van der Waals surface area (Å²) < 4.78 is 6.80. The molecular formula is C28H32N2O2. The summed E-state index contributed by atoms with van der Waals surface area (Å²) in [6.07, 6.45) is 4.41. The van der Waals surface area contributed by atoms with E-state index in [0.717, 1.165) is 25.9 Å². The minimum absolute atomic E-state index is 0.0473. The predicted octanol–water partition coefficient (Wildman–Crippen LogP) is 5.21. The average molecular weight is 429 g/mol. The summed E-state index contributed by atoms with van der Waals surface area (Å²) in [6, 6.07) is 28.9. The van der Waals surface area contributed by atoms with Gasteiger partial charge in [0, 0.05) is 25.7 Å². The van der Waals surface area contributed by atoms with Gasteiger partial charge in [0.15, 0.2) is 0 Å². The van der Waals surface area contributed by atoms with E-state index >= 15 is 0 Å². The van der Waals surface area contributed by atoms with Gasteiger partial charge in [-0.15, -0.1) is 0 Å². The number of hydrogen-bond acceptors (Lipinski definition) is 3. The highest BCUT2D eigenvalue weighted by Gasteiger charge is 2.27. The lowest BCUT2D eigenvalue weighted by atomic mass is 10.0. The van der Waals surface area contributed by atoms with Crippen LogP contribution in [0.4, 0.5) is 0 Å². The van der Waals surface area contributed by atoms with Crippen molar-refractivity contribution in [2.45, 2.75) is 38.0 Å². The Morgan fingerprint density at radius 2 is 1.56 bits per heavy atom. The summed E-state index contributed by atoms with van der Waals surface area (Å²) in [5.74, 6) is -0.0473. The van der Waals surface area contributed by atoms with Gasteiger partial charge in [0.05, 0.1) is 0 Å². The zero-order valence-corrected chi connectivity index (χ0v) is 18.7. The van der Waals surface area contributed by atoms with Gasteiger partial charge in [0.2, 0.25) is 0 Å². The van der Waals surface area contributed by atoms with E-state index in [1.807, 2.05) is 24.3 Å². The SMILES string of the molecule is CNC(=O)c1ccc(CCN2CCCC[C@H]2OC(c2ccccc2)c2ccccc2)cc1. The molecule has 0 bridgehead atoms. The molecule has 32 heavy (non-hydrogen) atoms. The minimum atomic E-state index is -0.0742. The quantitative estimate of drug-likeness (QED) is 0.536. The van der Waals surface area contributed by atoms with E-state index in [1.54, 1.807) is 7.05 Å². The molecular weight excluding hydrogens is 396 g/mol. The topological polar surface area (TPSA) is 41.6 Å². The summed E-state index contributed by atoms with van der Waals surface area (Å²) in [6.45, 7) is 2.00. The second-order valence-electron chi connectivity index (χ2n) is 8.35. The molecule has 1 aliphatic rings. The number of nitrogens with one attached hydrogen (secondary N) is 1. The molecule has 1 amide bonds. The molecule has 1 atom stereocenters. The third-order valence-electron chi connectivity index (χ3n) is 6.18. The second kappa shape index (κ2) is 11.1. The van der Waals surface area contributed by atoms with Crippen molar-refractivity contribution in [3.05, 3.63) is 107 Å². The predicted molar refractivity (Wildman–Crippen MR) is 129 cm³/mol. The number of hydrogen-bond donors (Lipinski definition) is 1. The van der Waals surface area contributed by atoms with Crippen LogP contribution >= 0.6 is 0 Å². The number of amides is 1. The zero-order valence-electron chi connectivity index (χ0n) is 18.7. The van der Waals surface area contributed by atoms with Gasteiger partial charge in [-0.05, 0) is 54.5 Å². The van der Waals surface area contributed by atoms with Crippen molar-refractivity contribution < 1.29 is 9.53 Å². The van der Waals surface area contributed by atoms with E-state index in [4.69, 9.17) is 4.74 Å². The highest BCUT2D eigenvalue weighted by molar-refractivity contribution is 5.93. The standard InChI is InChI=1S/C28H32N2O2/c1-29-28(31)25-17-15-22(16-18-25)19-21-30-20-9-8-14-26(30)32-27(23-10-4-2-5-11-23)24-12-6-3-7-13-24/h2-7,10-13,15-18,26-27H,8-9,14,19-21H2,1H3,(H,29,31)/t26-/m1/s1. The fourth-order valence-electron chi connectivity index (χ4n) is 4.37. The highest BCUT2D eigenvalue weighted by atomic mass is 16.5. The van der Waals surface area contributed by atoms with Gasteiger partial charge in [-0.25, -0.2) is 0 Å². The maximum absolute atomic E-state index is 11.8. The van der Waals surface area contributed by atoms with Crippen LogP contribution in [-0.2, 0) is 11.2 Å². The number of benzene rings is 3. The van der Waals surface area contributed by atoms with Gasteiger partial charge in [-0.3, -0.25) is 9.69 Å². The Bertz CT molecular complexity index is 934. The summed E-state index contributed by atoms with van der Waals surface area (Å²) >= 11 is 0. The Labute approximate surface area is 191 Å². The maximum atomic E-state index is 11.8. The molecule has 1 aliphatic heterocycles. The lowest BCUT2D eigenvalue weighted by Gasteiger charge is -2.38. The lowest BCUT2D eigenvalue weighted by molar-refractivity contribution is -0.105. The van der Waals surface area contributed by atoms with Gasteiger partial charge >= 0.3 is 0 Å². The first-order chi connectivity index (χ1) is 15.7. The van der Waals surface area contributed by atoms with Crippen molar-refractivity contribution in [2.75, 3.05) is 20.1 Å². The van der Waals surface area contributed by atoms with Crippen LogP contribution in [-0.4, -0.2) is 37.2 Å². The molecule has 3 aromatic carbocycles. The molecule has 4 heteroatoms. The van der Waals surface area contributed by atoms with Crippen LogP contribution < -0.4 is 5.32 Å². The fourth-order valence-corrected chi connectivity index (χ4v) is 4.37. The largest absolute Gasteiger partial charge is 0.355 e. The first kappa shape index (κ1) is 22.3. The molecule has 1 saturated heterocycles. The van der Waals surface area contributed by atoms with E-state index in [1.165, 1.54) is 29.5 Å². The molecule has 1 N–H and O–H groups in total. The summed E-state index contributed by atoms with van der Waals surface area (Å²) in [4.78, 5) is 14.3. The molecule has 0 radical (unpaired) electrons. The molecule has 1 heterocycles. The van der Waals surface area contributed by atoms with Crippen LogP contribution in [0.1, 0.15) is 52.4 Å². The summed E-state index contributed by atoms with van der Waals surface area (Å²) in [5, 5.41) is 2.67. The number of carbonyl (C=O) groups excluding carboxylic acids is 1. The Morgan fingerprint density at radius 3 is 2.16 bits per heavy atom. The third kappa shape index (κ3) is 5.64. The molecule has 4 nitrogen and oxygen atoms in total. The first-order valence-corrected chi connectivity index (χ1v) is 11.5. The van der Waals surface area contributed by atoms with E-state index in [2.05, 4.69) is 70.9 Å². The van der Waals surface area contributed by atoms with Gasteiger partial charge in [-0.2, -0.15) is 0 Å². The molecule has 0 spiro atoms. The Morgan fingerprint density at radius 1 is 0.938 bits per heavy atom. The van der Waals surface area contributed by atoms with Crippen LogP contribution in [0.5, 0.6) is 0 Å². The van der Waals surface area contributed by atoms with Crippen LogP contribution in [0, 0.1) is 0 Å². The van der Waals surface area contributed by atoms with Crippen LogP contribution in [0.25, 0.3) is 0 Å². The average Bonchev–Trinajstić information content (AvgIpc) is 2.87. The third-order valence-corrected chi connectivity index (χ3v) is 6.18. The van der Waals surface area contributed by atoms with E-state index < -0.39 is 0 Å². The number of nitrogens with zero attached hydrogens (tertiary/aromatic N) is 1. The fraction of sp³-hybridized carbons (Fsp3) is 0.321. The van der Waals surface area contributed by atoms with E-state index in [0.29, 0.717) is 5.56 Å². The normalized spacial score (nSPS) is 16.8. The number of ether oxygens (including phenoxy) is 1. The van der Waals surface area contributed by atoms with Gasteiger partial charge in [-0.1, -0.05) is 72.8 Å². The van der Waals surface area contributed by atoms with Crippen molar-refractivity contribution in [2.24, 2.45) is 0 Å². The Hall–Kier alpha value is -2.95. The maximum Gasteiger partial charge on any atom is 0.251 e. The van der Waals surface area contributed by atoms with Crippen LogP contribution in [0.3, 0.4) is 0 Å². The summed E-state index contributed by atoms with van der Waals surface area (Å²) in [7, 11) is 1.66. The zero-order chi connectivity index (χ0) is 22.2. The van der Waals surface area contributed by atoms with E-state index in [-0.39, 0.29) is 18.2 Å². The monoisotopic (exact) mass is 428 g/mol. The van der Waals surface area contributed by atoms with Crippen molar-refractivity contribution in [1.82, 2.24) is 10.2 Å². The number of rotatable bonds is 8. The lowest BCUT2D eigenvalue weighted by Crippen LogP contribution is -2.43. The number of carbonyl (C=O) groups is 1. The molecule has 0 saturated carbocycles. The molecule has 0 aromatic heterocycles. The van der Waals surface area contributed by atoms with Crippen molar-refractivity contribution in [3.63, 3.8) is 0 Å². The second-order valence-corrected chi connectivity index (χ2v) is 8.35. The Balaban J connectivity index is 1.45. The molecule has 0 aliphatic carbocycles. The Kier molecular flexibility index (Phi) is 7.70. The van der Waals surface area contributed by atoms with Gasteiger partial charge in [0.1, 0.15) is 12.3 Å². The van der Waals surface area contributed by atoms with Gasteiger partial charge in [0.25, 0.3) is 5.91 Å². The van der Waals surface area contributed by atoms with Crippen molar-refractivity contribution >= 4 is 5.91 Å². The molecule has 0 unspecified atom stereocenters. The summed E-state index contributed by atoms with van der Waals surface area (Å²) in [5.41, 5.74) is 4.32. The highest BCUT2D eigenvalue weighted by Crippen LogP contribution is 2.31. The number of likely N-dealkylation sites (tertiary alicyclic amines) is 1. The van der Waals surface area contributed by atoms with E-state index in [9.17, 15) is 4.79 Å². The van der Waals surface area contributed by atoms with Crippen LogP contribution in [0.2, 0.25) is 0 Å². The van der Waals surface area contributed by atoms with Gasteiger partial charge < -0.3 is 10.1 Å². The smallest absolute Gasteiger partial charge is 0.251 e. The minimum Gasteiger partial charge on any atom is -0.355 e. The van der Waals surface area contributed by atoms with Crippen LogP contribution in [0.15, 0.2) is 84.9 Å². The number of piperidine rings is 1. The molecule has 3 aromatic rings. The molecule has 1 fully saturated rings. The molecule has 166 valence electrons. The molecule has 4 rings (SSSR count). The van der Waals surface area contributed by atoms with Crippen molar-refractivity contribution in [1.29, 1.82) is 0 Å².